The number of nitrogens with two attached hydrogens (primary N) is 1. The van der Waals surface area contributed by atoms with Crippen molar-refractivity contribution in [1.29, 1.82) is 0 Å². The molecule has 1 aliphatic carbocycles. The largest absolute Gasteiger partial charge is 0.375 e. The second-order valence-electron chi connectivity index (χ2n) is 3.92. The van der Waals surface area contributed by atoms with Crippen LogP contribution in [0, 0.1) is 10.1 Å². The lowest BCUT2D eigenvalue weighted by Crippen LogP contribution is -2.02. The number of nitrogens with zero attached hydrogens (tertiary/aromatic N) is 2. The van der Waals surface area contributed by atoms with E-state index < -0.39 is 0 Å². The Kier molecular flexibility index (Phi) is 2.12. The van der Waals surface area contributed by atoms with Gasteiger partial charge in [0.1, 0.15) is 0 Å². The fourth-order valence-corrected chi connectivity index (χ4v) is 2.96. The van der Waals surface area contributed by atoms with Gasteiger partial charge < -0.3 is 5.73 Å². The fraction of sp³-hybridized carbons (Fsp3) is 0.182. The molecular formula is C11H9N3O2S. The molecule has 5 nitrogen and oxygen atoms in total. The van der Waals surface area contributed by atoms with Crippen LogP contribution >= 0.6 is 11.3 Å². The number of nitro groups is 1. The fourth-order valence-electron chi connectivity index (χ4n) is 2.11. The van der Waals surface area contributed by atoms with Crippen molar-refractivity contribution < 1.29 is 4.92 Å². The Balaban J connectivity index is 2.22. The number of hydrogen-bond donors (Lipinski definition) is 1. The number of rotatable bonds is 1. The molecule has 86 valence electrons. The maximum atomic E-state index is 10.8. The zero-order chi connectivity index (χ0) is 12.0. The molecule has 0 atom stereocenters. The minimum Gasteiger partial charge on any atom is -0.375 e. The third-order valence-electron chi connectivity index (χ3n) is 2.89. The number of benzene rings is 1. The van der Waals surface area contributed by atoms with E-state index >= 15 is 0 Å². The van der Waals surface area contributed by atoms with E-state index in [-0.39, 0.29) is 10.6 Å². The van der Waals surface area contributed by atoms with Crippen molar-refractivity contribution in [3.05, 3.63) is 38.8 Å². The summed E-state index contributed by atoms with van der Waals surface area (Å²) in [5.41, 5.74) is 8.56. The summed E-state index contributed by atoms with van der Waals surface area (Å²) in [5, 5.41) is 11.3. The van der Waals surface area contributed by atoms with Gasteiger partial charge in [0, 0.05) is 22.6 Å². The number of nitro benzene ring substituents is 1. The summed E-state index contributed by atoms with van der Waals surface area (Å²) in [6.45, 7) is 0. The van der Waals surface area contributed by atoms with Gasteiger partial charge in [-0.25, -0.2) is 4.98 Å². The van der Waals surface area contributed by atoms with Crippen LogP contribution in [0.5, 0.6) is 0 Å². The van der Waals surface area contributed by atoms with Crippen molar-refractivity contribution in [2.45, 2.75) is 12.8 Å². The zero-order valence-corrected chi connectivity index (χ0v) is 9.66. The minimum absolute atomic E-state index is 0.100. The predicted octanol–water partition coefficient (Wildman–Crippen LogP) is 2.40. The maximum Gasteiger partial charge on any atom is 0.270 e. The first-order valence-electron chi connectivity index (χ1n) is 5.18. The van der Waals surface area contributed by atoms with Gasteiger partial charge in [-0.2, -0.15) is 0 Å². The Labute approximate surface area is 101 Å². The highest BCUT2D eigenvalue weighted by Gasteiger charge is 2.22. The van der Waals surface area contributed by atoms with Gasteiger partial charge in [0.15, 0.2) is 5.13 Å². The molecule has 17 heavy (non-hydrogen) atoms. The van der Waals surface area contributed by atoms with Gasteiger partial charge in [-0.3, -0.25) is 10.1 Å². The van der Waals surface area contributed by atoms with E-state index in [1.54, 1.807) is 12.1 Å². The molecule has 1 heterocycles. The number of fused-ring (bicyclic) bond motifs is 3. The maximum absolute atomic E-state index is 10.8. The van der Waals surface area contributed by atoms with Crippen LogP contribution < -0.4 is 5.73 Å². The second kappa shape index (κ2) is 3.53. The van der Waals surface area contributed by atoms with Gasteiger partial charge in [0.2, 0.25) is 0 Å². The van der Waals surface area contributed by atoms with E-state index in [2.05, 4.69) is 4.98 Å². The second-order valence-corrected chi connectivity index (χ2v) is 5.04. The molecule has 0 bridgehead atoms. The number of non-ortho nitro benzene ring substituents is 1. The van der Waals surface area contributed by atoms with Crippen LogP contribution in [0.25, 0.3) is 11.3 Å². The number of aryl methyl sites for hydroxylation is 2. The lowest BCUT2D eigenvalue weighted by molar-refractivity contribution is -0.384. The van der Waals surface area contributed by atoms with Crippen molar-refractivity contribution in [1.82, 2.24) is 4.98 Å². The number of thiazole rings is 1. The molecule has 0 saturated heterocycles. The Morgan fingerprint density at radius 2 is 2.24 bits per heavy atom. The van der Waals surface area contributed by atoms with E-state index in [0.29, 0.717) is 5.13 Å². The summed E-state index contributed by atoms with van der Waals surface area (Å²) in [6, 6.07) is 4.94. The van der Waals surface area contributed by atoms with Crippen LogP contribution in [0.1, 0.15) is 10.4 Å². The highest BCUT2D eigenvalue weighted by atomic mass is 32.1. The Bertz CT molecular complexity index is 621. The molecule has 1 aromatic heterocycles. The normalized spacial score (nSPS) is 12.9. The lowest BCUT2D eigenvalue weighted by Gasteiger charge is -2.14. The average molecular weight is 247 g/mol. The van der Waals surface area contributed by atoms with Crippen molar-refractivity contribution in [2.75, 3.05) is 5.73 Å². The number of hydrogen-bond acceptors (Lipinski definition) is 5. The molecule has 1 aliphatic rings. The lowest BCUT2D eigenvalue weighted by atomic mass is 9.93. The third kappa shape index (κ3) is 1.57. The standard InChI is InChI=1S/C11H9N3O2S/c12-11-13-10-8-5-7(14(15)16)3-1-6(8)2-4-9(10)17-11/h1,3,5H,2,4H2,(H2,12,13). The highest BCUT2D eigenvalue weighted by Crippen LogP contribution is 2.38. The van der Waals surface area contributed by atoms with E-state index in [9.17, 15) is 10.1 Å². The summed E-state index contributed by atoms with van der Waals surface area (Å²) < 4.78 is 0. The number of anilines is 1. The van der Waals surface area contributed by atoms with Crippen molar-refractivity contribution in [3.63, 3.8) is 0 Å². The molecule has 0 saturated carbocycles. The molecule has 0 unspecified atom stereocenters. The Hall–Kier alpha value is -1.95. The molecule has 2 aromatic rings. The monoisotopic (exact) mass is 247 g/mol. The van der Waals surface area contributed by atoms with Gasteiger partial charge in [-0.15, -0.1) is 11.3 Å². The molecule has 1 aromatic carbocycles. The zero-order valence-electron chi connectivity index (χ0n) is 8.84. The van der Waals surface area contributed by atoms with E-state index in [4.69, 9.17) is 5.73 Å². The van der Waals surface area contributed by atoms with Crippen LogP contribution in [0.4, 0.5) is 10.8 Å². The van der Waals surface area contributed by atoms with Crippen LogP contribution in [-0.4, -0.2) is 9.91 Å². The summed E-state index contributed by atoms with van der Waals surface area (Å²) in [6.07, 6.45) is 1.80. The smallest absolute Gasteiger partial charge is 0.270 e. The molecule has 2 N–H and O–H groups in total. The Morgan fingerprint density at radius 1 is 1.41 bits per heavy atom. The van der Waals surface area contributed by atoms with Crippen molar-refractivity contribution in [3.8, 4) is 11.3 Å². The first kappa shape index (κ1) is 10.2. The molecule has 0 aliphatic heterocycles. The average Bonchev–Trinajstić information content (AvgIpc) is 2.69. The summed E-state index contributed by atoms with van der Waals surface area (Å²) in [5.74, 6) is 0. The number of aromatic nitrogens is 1. The highest BCUT2D eigenvalue weighted by molar-refractivity contribution is 7.15. The summed E-state index contributed by atoms with van der Waals surface area (Å²) >= 11 is 1.46. The summed E-state index contributed by atoms with van der Waals surface area (Å²) in [7, 11) is 0. The molecule has 0 fully saturated rings. The minimum atomic E-state index is -0.385. The van der Waals surface area contributed by atoms with E-state index in [0.717, 1.165) is 34.5 Å². The van der Waals surface area contributed by atoms with Crippen LogP contribution in [-0.2, 0) is 12.8 Å². The van der Waals surface area contributed by atoms with Crippen LogP contribution in [0.3, 0.4) is 0 Å². The van der Waals surface area contributed by atoms with Crippen LogP contribution in [0.2, 0.25) is 0 Å². The van der Waals surface area contributed by atoms with Gasteiger partial charge in [-0.05, 0) is 18.4 Å². The predicted molar refractivity (Wildman–Crippen MR) is 66.0 cm³/mol. The van der Waals surface area contributed by atoms with Gasteiger partial charge >= 0.3 is 0 Å². The van der Waals surface area contributed by atoms with Gasteiger partial charge in [-0.1, -0.05) is 6.07 Å². The topological polar surface area (TPSA) is 82.0 Å². The third-order valence-corrected chi connectivity index (χ3v) is 3.84. The Morgan fingerprint density at radius 3 is 3.00 bits per heavy atom. The SMILES string of the molecule is Nc1nc2c(s1)CCc1ccc([N+](=O)[O-])cc1-2. The first-order valence-corrected chi connectivity index (χ1v) is 5.99. The molecule has 0 radical (unpaired) electrons. The number of nitrogen functional groups attached to an aromatic ring is 1. The summed E-state index contributed by atoms with van der Waals surface area (Å²) in [4.78, 5) is 15.8. The van der Waals surface area contributed by atoms with E-state index in [1.165, 1.54) is 11.3 Å². The van der Waals surface area contributed by atoms with Crippen molar-refractivity contribution >= 4 is 22.2 Å². The molecule has 0 spiro atoms. The van der Waals surface area contributed by atoms with Crippen molar-refractivity contribution in [2.24, 2.45) is 0 Å². The quantitative estimate of drug-likeness (QED) is 0.619. The molecule has 0 amide bonds. The van der Waals surface area contributed by atoms with Gasteiger partial charge in [0.05, 0.1) is 10.6 Å². The van der Waals surface area contributed by atoms with Gasteiger partial charge in [0.25, 0.3) is 5.69 Å². The molecular weight excluding hydrogens is 238 g/mol. The van der Waals surface area contributed by atoms with Crippen LogP contribution in [0.15, 0.2) is 18.2 Å². The molecule has 3 rings (SSSR count). The van der Waals surface area contributed by atoms with E-state index in [1.807, 2.05) is 6.07 Å². The molecule has 6 heteroatoms. The first-order chi connectivity index (χ1) is 8.15.